The molecule has 0 aliphatic carbocycles. The number of hydrogen-bond acceptors (Lipinski definition) is 6. The highest BCUT2D eigenvalue weighted by atomic mass is 16.5. The third-order valence-electron chi connectivity index (χ3n) is 6.17. The van der Waals surface area contributed by atoms with Gasteiger partial charge in [0.05, 0.1) is 24.6 Å². The van der Waals surface area contributed by atoms with E-state index in [9.17, 15) is 14.4 Å². The van der Waals surface area contributed by atoms with Crippen molar-refractivity contribution < 1.29 is 19.1 Å². The second-order valence-corrected chi connectivity index (χ2v) is 8.72. The van der Waals surface area contributed by atoms with Gasteiger partial charge in [0.1, 0.15) is 16.9 Å². The first kappa shape index (κ1) is 23.6. The summed E-state index contributed by atoms with van der Waals surface area (Å²) in [5.74, 6) is -1.18. The molecule has 0 saturated carbocycles. The highest BCUT2D eigenvalue weighted by Crippen LogP contribution is 2.17. The largest absolute Gasteiger partial charge is 0.462 e. The van der Waals surface area contributed by atoms with E-state index in [-0.39, 0.29) is 41.3 Å². The second-order valence-electron chi connectivity index (χ2n) is 8.72. The van der Waals surface area contributed by atoms with E-state index in [2.05, 4.69) is 4.99 Å². The molecular weight excluding hydrogens is 460 g/mol. The van der Waals surface area contributed by atoms with Crippen molar-refractivity contribution >= 4 is 28.6 Å². The lowest BCUT2D eigenvalue weighted by Crippen LogP contribution is -2.35. The molecule has 0 radical (unpaired) electrons. The van der Waals surface area contributed by atoms with Gasteiger partial charge in [-0.2, -0.15) is 4.99 Å². The average Bonchev–Trinajstić information content (AvgIpc) is 3.39. The van der Waals surface area contributed by atoms with Gasteiger partial charge in [0, 0.05) is 18.4 Å². The molecule has 4 aromatic rings. The van der Waals surface area contributed by atoms with E-state index in [1.807, 2.05) is 13.0 Å². The maximum Gasteiger partial charge on any atom is 0.341 e. The van der Waals surface area contributed by atoms with Crippen molar-refractivity contribution in [3.8, 4) is 0 Å². The minimum absolute atomic E-state index is 0.0260. The Labute approximate surface area is 206 Å². The maximum atomic E-state index is 13.4. The molecule has 5 rings (SSSR count). The van der Waals surface area contributed by atoms with E-state index in [0.29, 0.717) is 23.5 Å². The predicted octanol–water partition coefficient (Wildman–Crippen LogP) is 3.05. The number of amides is 1. The zero-order valence-corrected chi connectivity index (χ0v) is 20.1. The van der Waals surface area contributed by atoms with Gasteiger partial charge in [-0.05, 0) is 57.0 Å². The Kier molecular flexibility index (Phi) is 6.47. The Morgan fingerprint density at radius 1 is 1.19 bits per heavy atom. The highest BCUT2D eigenvalue weighted by Gasteiger charge is 2.24. The van der Waals surface area contributed by atoms with Crippen molar-refractivity contribution in [1.82, 2.24) is 14.0 Å². The van der Waals surface area contributed by atoms with Gasteiger partial charge in [0.2, 0.25) is 0 Å². The van der Waals surface area contributed by atoms with Gasteiger partial charge in [-0.15, -0.1) is 0 Å². The fourth-order valence-electron chi connectivity index (χ4n) is 4.46. The molecule has 9 nitrogen and oxygen atoms in total. The zero-order chi connectivity index (χ0) is 25.2. The number of hydrogen-bond donors (Lipinski definition) is 0. The summed E-state index contributed by atoms with van der Waals surface area (Å²) >= 11 is 0. The minimum atomic E-state index is -0.672. The molecule has 9 heteroatoms. The number of pyridine rings is 2. The van der Waals surface area contributed by atoms with Crippen LogP contribution in [0.2, 0.25) is 0 Å². The van der Waals surface area contributed by atoms with Crippen molar-refractivity contribution in [3.63, 3.8) is 0 Å². The molecule has 184 valence electrons. The molecule has 1 fully saturated rings. The smallest absolute Gasteiger partial charge is 0.341 e. The third-order valence-corrected chi connectivity index (χ3v) is 6.17. The van der Waals surface area contributed by atoms with E-state index < -0.39 is 11.9 Å². The van der Waals surface area contributed by atoms with Crippen LogP contribution < -0.4 is 11.0 Å². The standard InChI is InChI=1S/C27H26N4O5/c1-3-35-27(34)21-15-20-23(28-22-11-4-5-12-30(22)26(20)33)31(16-19-10-7-13-36-19)24(21)29-25(32)18-9-6-8-17(2)14-18/h4-6,8-9,11-12,14-15,19H,3,7,10,13,16H2,1-2H3. The molecule has 3 aromatic heterocycles. The monoisotopic (exact) mass is 486 g/mol. The summed E-state index contributed by atoms with van der Waals surface area (Å²) in [6, 6.07) is 13.8. The SMILES string of the molecule is CCOC(=O)c1cc2c(=O)n3ccccc3nc2n(CC2CCCO2)c1=NC(=O)c1cccc(C)c1. The minimum Gasteiger partial charge on any atom is -0.462 e. The number of esters is 1. The van der Waals surface area contributed by atoms with Crippen molar-refractivity contribution in [3.05, 3.63) is 87.3 Å². The van der Waals surface area contributed by atoms with E-state index in [1.54, 1.807) is 54.1 Å². The molecule has 1 unspecified atom stereocenters. The van der Waals surface area contributed by atoms with Gasteiger partial charge >= 0.3 is 5.97 Å². The number of carbonyl (C=O) groups excluding carboxylic acids is 2. The molecule has 1 saturated heterocycles. The lowest BCUT2D eigenvalue weighted by atomic mass is 10.1. The number of carbonyl (C=O) groups is 2. The van der Waals surface area contributed by atoms with Crippen LogP contribution >= 0.6 is 0 Å². The molecule has 1 aromatic carbocycles. The number of nitrogens with zero attached hydrogens (tertiary/aromatic N) is 4. The number of fused-ring (bicyclic) bond motifs is 2. The Bertz CT molecular complexity index is 1610. The van der Waals surface area contributed by atoms with Crippen LogP contribution in [0.25, 0.3) is 16.7 Å². The Hall–Kier alpha value is -4.11. The summed E-state index contributed by atoms with van der Waals surface area (Å²) in [4.78, 5) is 48.9. The van der Waals surface area contributed by atoms with E-state index in [4.69, 9.17) is 14.5 Å². The molecule has 0 N–H and O–H groups in total. The Morgan fingerprint density at radius 3 is 2.81 bits per heavy atom. The Morgan fingerprint density at radius 2 is 2.06 bits per heavy atom. The molecular formula is C27H26N4O5. The van der Waals surface area contributed by atoms with E-state index in [1.165, 1.54) is 10.5 Å². The summed E-state index contributed by atoms with van der Waals surface area (Å²) in [7, 11) is 0. The molecule has 1 aliphatic heterocycles. The number of ether oxygens (including phenoxy) is 2. The first-order valence-corrected chi connectivity index (χ1v) is 12.0. The number of benzene rings is 1. The maximum absolute atomic E-state index is 13.4. The van der Waals surface area contributed by atoms with Crippen molar-refractivity contribution in [2.24, 2.45) is 4.99 Å². The van der Waals surface area contributed by atoms with E-state index in [0.717, 1.165) is 18.4 Å². The lowest BCUT2D eigenvalue weighted by Gasteiger charge is -2.18. The quantitative estimate of drug-likeness (QED) is 0.317. The molecule has 1 atom stereocenters. The van der Waals surface area contributed by atoms with Crippen LogP contribution in [0.4, 0.5) is 0 Å². The number of aryl methyl sites for hydroxylation is 1. The van der Waals surface area contributed by atoms with Gasteiger partial charge in [0.25, 0.3) is 11.5 Å². The molecule has 1 amide bonds. The molecule has 0 bridgehead atoms. The number of aromatic nitrogens is 3. The molecule has 4 heterocycles. The van der Waals surface area contributed by atoms with Crippen LogP contribution in [0.1, 0.15) is 46.0 Å². The summed E-state index contributed by atoms with van der Waals surface area (Å²) in [5.41, 5.74) is 1.85. The van der Waals surface area contributed by atoms with Crippen LogP contribution in [0.15, 0.2) is 64.5 Å². The summed E-state index contributed by atoms with van der Waals surface area (Å²) in [6.45, 7) is 4.60. The zero-order valence-electron chi connectivity index (χ0n) is 20.1. The Balaban J connectivity index is 1.86. The number of rotatable bonds is 5. The first-order chi connectivity index (χ1) is 17.5. The first-order valence-electron chi connectivity index (χ1n) is 12.0. The summed E-state index contributed by atoms with van der Waals surface area (Å²) < 4.78 is 14.2. The van der Waals surface area contributed by atoms with Crippen LogP contribution in [-0.4, -0.2) is 45.1 Å². The van der Waals surface area contributed by atoms with Crippen LogP contribution in [0.5, 0.6) is 0 Å². The van der Waals surface area contributed by atoms with Crippen LogP contribution in [-0.2, 0) is 16.0 Å². The molecule has 36 heavy (non-hydrogen) atoms. The van der Waals surface area contributed by atoms with Gasteiger partial charge < -0.3 is 14.0 Å². The average molecular weight is 487 g/mol. The summed E-state index contributed by atoms with van der Waals surface area (Å²) in [5, 5.41) is 0.224. The molecule has 0 spiro atoms. The van der Waals surface area contributed by atoms with Crippen molar-refractivity contribution in [2.75, 3.05) is 13.2 Å². The van der Waals surface area contributed by atoms with Crippen molar-refractivity contribution in [2.45, 2.75) is 39.3 Å². The lowest BCUT2D eigenvalue weighted by molar-refractivity contribution is 0.0521. The fourth-order valence-corrected chi connectivity index (χ4v) is 4.46. The van der Waals surface area contributed by atoms with Gasteiger partial charge in [-0.1, -0.05) is 23.8 Å². The van der Waals surface area contributed by atoms with Crippen LogP contribution in [0, 0.1) is 6.92 Å². The second kappa shape index (κ2) is 9.87. The molecule has 1 aliphatic rings. The van der Waals surface area contributed by atoms with Crippen LogP contribution in [0.3, 0.4) is 0 Å². The normalized spacial score (nSPS) is 16.1. The predicted molar refractivity (Wildman–Crippen MR) is 133 cm³/mol. The topological polar surface area (TPSA) is 104 Å². The van der Waals surface area contributed by atoms with Crippen molar-refractivity contribution in [1.29, 1.82) is 0 Å². The van der Waals surface area contributed by atoms with Gasteiger partial charge in [-0.25, -0.2) is 9.78 Å². The highest BCUT2D eigenvalue weighted by molar-refractivity contribution is 5.97. The summed E-state index contributed by atoms with van der Waals surface area (Å²) in [6.07, 6.45) is 3.15. The van der Waals surface area contributed by atoms with E-state index >= 15 is 0 Å². The van der Waals surface area contributed by atoms with Gasteiger partial charge in [-0.3, -0.25) is 14.0 Å². The third kappa shape index (κ3) is 4.45. The fraction of sp³-hybridized carbons (Fsp3) is 0.296. The van der Waals surface area contributed by atoms with Gasteiger partial charge in [0.15, 0.2) is 5.49 Å².